The maximum absolute atomic E-state index is 12.3. The van der Waals surface area contributed by atoms with Crippen molar-refractivity contribution >= 4 is 11.9 Å². The number of ether oxygens (including phenoxy) is 1. The molecule has 3 aliphatic heterocycles. The number of nitrogens with one attached hydrogen (secondary N) is 2. The van der Waals surface area contributed by atoms with E-state index < -0.39 is 11.9 Å². The number of benzene rings is 1. The molecule has 0 radical (unpaired) electrons. The van der Waals surface area contributed by atoms with Crippen molar-refractivity contribution in [2.24, 2.45) is 5.92 Å². The lowest BCUT2D eigenvalue weighted by molar-refractivity contribution is 0.0757. The Hall–Kier alpha value is -2.08. The average Bonchev–Trinajstić information content (AvgIpc) is 2.56. The van der Waals surface area contributed by atoms with Crippen LogP contribution >= 0.6 is 0 Å². The van der Waals surface area contributed by atoms with Gasteiger partial charge in [0, 0.05) is 12.6 Å². The van der Waals surface area contributed by atoms with E-state index in [1.54, 1.807) is 24.3 Å². The number of amides is 3. The maximum Gasteiger partial charge on any atom is 0.321 e. The molecule has 4 rings (SSSR count). The molecular formula is C17H23N3O3. The summed E-state index contributed by atoms with van der Waals surface area (Å²) < 4.78 is 5.43. The molecule has 1 unspecified atom stereocenters. The molecule has 6 nitrogen and oxygen atoms in total. The van der Waals surface area contributed by atoms with Crippen LogP contribution < -0.4 is 15.4 Å². The number of para-hydroxylation sites is 1. The molecule has 124 valence electrons. The Labute approximate surface area is 136 Å². The summed E-state index contributed by atoms with van der Waals surface area (Å²) in [6.07, 6.45) is 2.23. The third-order valence-electron chi connectivity index (χ3n) is 4.63. The second-order valence-electron chi connectivity index (χ2n) is 6.10. The molecule has 3 heterocycles. The fourth-order valence-corrected chi connectivity index (χ4v) is 3.44. The Kier molecular flexibility index (Phi) is 4.81. The molecule has 0 spiro atoms. The van der Waals surface area contributed by atoms with Crippen LogP contribution in [0, 0.1) is 5.92 Å². The van der Waals surface area contributed by atoms with Crippen molar-refractivity contribution in [2.45, 2.75) is 25.8 Å². The van der Waals surface area contributed by atoms with Gasteiger partial charge in [0.1, 0.15) is 5.75 Å². The molecule has 3 aliphatic rings. The molecule has 1 aromatic carbocycles. The van der Waals surface area contributed by atoms with Crippen LogP contribution in [0.2, 0.25) is 0 Å². The number of carbonyl (C=O) groups is 2. The fraction of sp³-hybridized carbons (Fsp3) is 0.529. The lowest BCUT2D eigenvalue weighted by Gasteiger charge is -2.44. The molecule has 3 amide bonds. The van der Waals surface area contributed by atoms with E-state index in [2.05, 4.69) is 15.5 Å². The van der Waals surface area contributed by atoms with Crippen LogP contribution in [0.1, 0.15) is 30.1 Å². The highest BCUT2D eigenvalue weighted by Crippen LogP contribution is 2.27. The summed E-state index contributed by atoms with van der Waals surface area (Å²) >= 11 is 0. The van der Waals surface area contributed by atoms with Crippen molar-refractivity contribution in [3.8, 4) is 5.75 Å². The van der Waals surface area contributed by atoms with E-state index in [0.717, 1.165) is 32.5 Å². The Morgan fingerprint density at radius 1 is 1.26 bits per heavy atom. The van der Waals surface area contributed by atoms with E-state index in [-0.39, 0.29) is 6.04 Å². The average molecular weight is 317 g/mol. The highest BCUT2D eigenvalue weighted by molar-refractivity contribution is 6.05. The van der Waals surface area contributed by atoms with Crippen LogP contribution in [0.15, 0.2) is 24.3 Å². The molecule has 2 bridgehead atoms. The number of imide groups is 1. The van der Waals surface area contributed by atoms with Crippen molar-refractivity contribution in [1.29, 1.82) is 0 Å². The minimum atomic E-state index is -0.437. The predicted octanol–water partition coefficient (Wildman–Crippen LogP) is 1.62. The minimum Gasteiger partial charge on any atom is -0.493 e. The number of fused-ring (bicyclic) bond motifs is 3. The molecule has 1 aromatic rings. The third-order valence-corrected chi connectivity index (χ3v) is 4.63. The fourth-order valence-electron chi connectivity index (χ4n) is 3.44. The van der Waals surface area contributed by atoms with E-state index in [0.29, 0.717) is 23.8 Å². The summed E-state index contributed by atoms with van der Waals surface area (Å²) in [5, 5.41) is 5.36. The summed E-state index contributed by atoms with van der Waals surface area (Å²) in [5.74, 6) is 0.576. The lowest BCUT2D eigenvalue weighted by Crippen LogP contribution is -2.59. The molecule has 1 atom stereocenters. The van der Waals surface area contributed by atoms with Crippen LogP contribution in [0.25, 0.3) is 0 Å². The van der Waals surface area contributed by atoms with Crippen LogP contribution in [-0.2, 0) is 0 Å². The lowest BCUT2D eigenvalue weighted by atomic mass is 9.84. The number of hydrogen-bond donors (Lipinski definition) is 2. The standard InChI is InChI=1S/C17H23N3O3/c1-2-23-15-6-4-3-5-13(15)16(21)19-17(22)18-14-11-20-9-7-12(14)8-10-20/h3-6,12,14H,2,7-11H2,1H3,(H2,18,19,21,22). The number of carbonyl (C=O) groups excluding carboxylic acids is 2. The Morgan fingerprint density at radius 3 is 2.65 bits per heavy atom. The third kappa shape index (κ3) is 3.64. The quantitative estimate of drug-likeness (QED) is 0.885. The molecular weight excluding hydrogens is 294 g/mol. The molecule has 23 heavy (non-hydrogen) atoms. The van der Waals surface area contributed by atoms with Gasteiger partial charge >= 0.3 is 6.03 Å². The first kappa shape index (κ1) is 15.8. The van der Waals surface area contributed by atoms with Crippen molar-refractivity contribution in [1.82, 2.24) is 15.5 Å². The monoisotopic (exact) mass is 317 g/mol. The van der Waals surface area contributed by atoms with Gasteiger partial charge in [0.15, 0.2) is 0 Å². The van der Waals surface area contributed by atoms with Crippen molar-refractivity contribution in [3.63, 3.8) is 0 Å². The van der Waals surface area contributed by atoms with Gasteiger partial charge in [0.25, 0.3) is 5.91 Å². The first-order valence-corrected chi connectivity index (χ1v) is 8.23. The van der Waals surface area contributed by atoms with Gasteiger partial charge in [-0.3, -0.25) is 10.1 Å². The molecule has 3 fully saturated rings. The van der Waals surface area contributed by atoms with Crippen LogP contribution in [0.3, 0.4) is 0 Å². The molecule has 2 N–H and O–H groups in total. The van der Waals surface area contributed by atoms with Gasteiger partial charge in [-0.25, -0.2) is 4.79 Å². The van der Waals surface area contributed by atoms with Gasteiger partial charge in [-0.15, -0.1) is 0 Å². The van der Waals surface area contributed by atoms with E-state index in [4.69, 9.17) is 4.74 Å². The summed E-state index contributed by atoms with van der Waals surface area (Å²) in [6, 6.07) is 6.64. The molecule has 3 saturated heterocycles. The Morgan fingerprint density at radius 2 is 2.00 bits per heavy atom. The largest absolute Gasteiger partial charge is 0.493 e. The molecule has 6 heteroatoms. The number of rotatable bonds is 4. The van der Waals surface area contributed by atoms with Gasteiger partial charge in [0.2, 0.25) is 0 Å². The SMILES string of the molecule is CCOc1ccccc1C(=O)NC(=O)NC1CN2CCC1CC2. The van der Waals surface area contributed by atoms with E-state index in [9.17, 15) is 9.59 Å². The summed E-state index contributed by atoms with van der Waals surface area (Å²) in [4.78, 5) is 26.8. The second-order valence-corrected chi connectivity index (χ2v) is 6.10. The van der Waals surface area contributed by atoms with E-state index in [1.807, 2.05) is 6.92 Å². The minimum absolute atomic E-state index is 0.132. The molecule has 0 aliphatic carbocycles. The van der Waals surface area contributed by atoms with Gasteiger partial charge < -0.3 is 15.0 Å². The highest BCUT2D eigenvalue weighted by Gasteiger charge is 2.35. The first-order chi connectivity index (χ1) is 11.2. The van der Waals surface area contributed by atoms with Gasteiger partial charge in [-0.1, -0.05) is 12.1 Å². The van der Waals surface area contributed by atoms with E-state index in [1.165, 1.54) is 0 Å². The van der Waals surface area contributed by atoms with Gasteiger partial charge in [-0.2, -0.15) is 0 Å². The Bertz CT molecular complexity index is 582. The van der Waals surface area contributed by atoms with Crippen LogP contribution in [0.5, 0.6) is 5.75 Å². The topological polar surface area (TPSA) is 70.7 Å². The summed E-state index contributed by atoms with van der Waals surface area (Å²) in [6.45, 7) is 5.43. The highest BCUT2D eigenvalue weighted by atomic mass is 16.5. The summed E-state index contributed by atoms with van der Waals surface area (Å²) in [5.41, 5.74) is 0.374. The smallest absolute Gasteiger partial charge is 0.321 e. The van der Waals surface area contributed by atoms with Gasteiger partial charge in [-0.05, 0) is 50.9 Å². The first-order valence-electron chi connectivity index (χ1n) is 8.23. The van der Waals surface area contributed by atoms with Gasteiger partial charge in [0.05, 0.1) is 12.2 Å². The normalized spacial score (nSPS) is 25.7. The number of piperidine rings is 3. The second kappa shape index (κ2) is 7.00. The van der Waals surface area contributed by atoms with Crippen LogP contribution in [0.4, 0.5) is 4.79 Å². The number of nitrogens with zero attached hydrogens (tertiary/aromatic N) is 1. The zero-order chi connectivity index (χ0) is 16.2. The van der Waals surface area contributed by atoms with Crippen molar-refractivity contribution in [3.05, 3.63) is 29.8 Å². The predicted molar refractivity (Wildman–Crippen MR) is 86.6 cm³/mol. The molecule has 0 saturated carbocycles. The summed E-state index contributed by atoms with van der Waals surface area (Å²) in [7, 11) is 0. The molecule has 0 aromatic heterocycles. The number of hydrogen-bond acceptors (Lipinski definition) is 4. The number of urea groups is 1. The van der Waals surface area contributed by atoms with Crippen molar-refractivity contribution < 1.29 is 14.3 Å². The maximum atomic E-state index is 12.3. The van der Waals surface area contributed by atoms with Crippen LogP contribution in [-0.4, -0.2) is 49.1 Å². The Balaban J connectivity index is 1.58. The van der Waals surface area contributed by atoms with E-state index >= 15 is 0 Å². The van der Waals surface area contributed by atoms with Crippen molar-refractivity contribution in [2.75, 3.05) is 26.2 Å². The zero-order valence-electron chi connectivity index (χ0n) is 13.4. The zero-order valence-corrected chi connectivity index (χ0v) is 13.4.